The molecule has 11 atom stereocenters. The maximum absolute atomic E-state index is 13.1. The maximum atomic E-state index is 13.1. The first-order valence-corrected chi connectivity index (χ1v) is 17.4. The maximum Gasteiger partial charge on any atom is 0.509 e. The number of esters is 1. The first kappa shape index (κ1) is 28.2. The van der Waals surface area contributed by atoms with Crippen LogP contribution in [0, 0.1) is 40.4 Å². The van der Waals surface area contributed by atoms with Crippen LogP contribution in [0.5, 0.6) is 0 Å². The fourth-order valence-corrected chi connectivity index (χ4v) is 10.3. The van der Waals surface area contributed by atoms with Crippen LogP contribution in [0.1, 0.15) is 75.2 Å². The Bertz CT molecular complexity index is 1060. The summed E-state index contributed by atoms with van der Waals surface area (Å²) in [5, 5.41) is 12.8. The predicted octanol–water partition coefficient (Wildman–Crippen LogP) is 5.86. The largest absolute Gasteiger partial charge is 0.509 e. The summed E-state index contributed by atoms with van der Waals surface area (Å²) in [6.07, 6.45) is 0.143. The number of rotatable bonds is 4. The summed E-state index contributed by atoms with van der Waals surface area (Å²) in [7, 11) is -2.29. The average Bonchev–Trinajstić information content (AvgIpc) is 3.07. The summed E-state index contributed by atoms with van der Waals surface area (Å²) in [4.78, 5) is 25.6. The van der Waals surface area contributed by atoms with E-state index in [-0.39, 0.29) is 40.2 Å². The molecule has 5 rings (SSSR count). The van der Waals surface area contributed by atoms with E-state index in [2.05, 4.69) is 67.6 Å². The number of hydrogen-bond donors (Lipinski definition) is 1. The zero-order chi connectivity index (χ0) is 28.4. The van der Waals surface area contributed by atoms with Gasteiger partial charge in [-0.3, -0.25) is 4.79 Å². The Hall–Kier alpha value is -1.38. The van der Waals surface area contributed by atoms with Crippen LogP contribution in [0.25, 0.3) is 0 Å². The van der Waals surface area contributed by atoms with E-state index in [4.69, 9.17) is 18.6 Å². The second-order valence-corrected chi connectivity index (χ2v) is 19.7. The number of ether oxygens (including phenoxy) is 3. The number of aliphatic hydroxyl groups excluding tert-OH is 1. The van der Waals surface area contributed by atoms with Gasteiger partial charge >= 0.3 is 12.1 Å². The highest BCUT2D eigenvalue weighted by Gasteiger charge is 2.83. The van der Waals surface area contributed by atoms with Gasteiger partial charge in [0.2, 0.25) is 5.60 Å². The molecule has 2 bridgehead atoms. The molecule has 5 aliphatic rings. The van der Waals surface area contributed by atoms with Crippen LogP contribution in [0.2, 0.25) is 18.1 Å². The highest BCUT2D eigenvalue weighted by molar-refractivity contribution is 6.74. The van der Waals surface area contributed by atoms with Gasteiger partial charge in [0.25, 0.3) is 0 Å². The van der Waals surface area contributed by atoms with Crippen LogP contribution in [-0.2, 0) is 23.4 Å². The molecule has 8 heteroatoms. The van der Waals surface area contributed by atoms with Crippen molar-refractivity contribution in [3.05, 3.63) is 11.6 Å². The molecule has 7 nitrogen and oxygen atoms in total. The van der Waals surface area contributed by atoms with Crippen molar-refractivity contribution >= 4 is 20.4 Å². The number of carbonyl (C=O) groups is 2. The van der Waals surface area contributed by atoms with Gasteiger partial charge in [-0.25, -0.2) is 4.79 Å². The molecule has 1 N–H and O–H groups in total. The van der Waals surface area contributed by atoms with E-state index in [9.17, 15) is 14.7 Å². The smallest absolute Gasteiger partial charge is 0.454 e. The van der Waals surface area contributed by atoms with Gasteiger partial charge in [0.05, 0.1) is 17.6 Å². The van der Waals surface area contributed by atoms with Gasteiger partial charge in [0.15, 0.2) is 20.5 Å². The van der Waals surface area contributed by atoms with Crippen LogP contribution in [-0.4, -0.2) is 55.6 Å². The van der Waals surface area contributed by atoms with E-state index in [0.717, 1.165) is 12.0 Å². The third-order valence-corrected chi connectivity index (χ3v) is 16.3. The van der Waals surface area contributed by atoms with Crippen LogP contribution < -0.4 is 0 Å². The Balaban J connectivity index is 1.78. The quantitative estimate of drug-likeness (QED) is 0.267. The molecule has 4 aliphatic carbocycles. The molecule has 214 valence electrons. The Morgan fingerprint density at radius 3 is 2.42 bits per heavy atom. The van der Waals surface area contributed by atoms with E-state index >= 15 is 0 Å². The summed E-state index contributed by atoms with van der Waals surface area (Å²) >= 11 is 0. The molecule has 1 aliphatic heterocycles. The molecule has 4 fully saturated rings. The number of carbonyl (C=O) groups excluding carboxylic acids is 2. The summed E-state index contributed by atoms with van der Waals surface area (Å²) in [6.45, 7) is 23.4. The van der Waals surface area contributed by atoms with Gasteiger partial charge in [-0.15, -0.1) is 0 Å². The van der Waals surface area contributed by atoms with Crippen LogP contribution in [0.3, 0.4) is 0 Å². The van der Waals surface area contributed by atoms with Gasteiger partial charge in [-0.2, -0.15) is 0 Å². The molecular weight excluding hydrogens is 500 g/mol. The first-order valence-electron chi connectivity index (χ1n) is 14.5. The summed E-state index contributed by atoms with van der Waals surface area (Å²) in [5.41, 5.74) is -1.34. The fourth-order valence-electron chi connectivity index (χ4n) is 8.90. The highest BCUT2D eigenvalue weighted by atomic mass is 28.4. The Morgan fingerprint density at radius 2 is 1.87 bits per heavy atom. The summed E-state index contributed by atoms with van der Waals surface area (Å²) in [6, 6.07) is 0. The molecule has 0 aromatic carbocycles. The third-order valence-electron chi connectivity index (χ3n) is 11.9. The topological polar surface area (TPSA) is 91.3 Å². The van der Waals surface area contributed by atoms with Crippen molar-refractivity contribution in [3.63, 3.8) is 0 Å². The van der Waals surface area contributed by atoms with Crippen molar-refractivity contribution in [2.75, 3.05) is 0 Å². The molecule has 2 unspecified atom stereocenters. The van der Waals surface area contributed by atoms with Gasteiger partial charge in [-0.05, 0) is 59.7 Å². The lowest BCUT2D eigenvalue weighted by Gasteiger charge is -2.50. The van der Waals surface area contributed by atoms with E-state index in [1.807, 2.05) is 6.92 Å². The predicted molar refractivity (Wildman–Crippen MR) is 146 cm³/mol. The van der Waals surface area contributed by atoms with Crippen molar-refractivity contribution in [1.29, 1.82) is 0 Å². The Labute approximate surface area is 229 Å². The number of hydrogen-bond acceptors (Lipinski definition) is 7. The molecule has 0 amide bonds. The number of fused-ring (bicyclic) bond motifs is 3. The van der Waals surface area contributed by atoms with Crippen LogP contribution in [0.4, 0.5) is 4.79 Å². The highest BCUT2D eigenvalue weighted by Crippen LogP contribution is 2.75. The van der Waals surface area contributed by atoms with Gasteiger partial charge in [0, 0.05) is 18.8 Å². The average molecular weight is 549 g/mol. The molecular formula is C30H48O7Si. The lowest BCUT2D eigenvalue weighted by atomic mass is 9.58. The second kappa shape index (κ2) is 8.32. The van der Waals surface area contributed by atoms with Crippen molar-refractivity contribution < 1.29 is 33.3 Å². The third kappa shape index (κ3) is 3.38. The summed E-state index contributed by atoms with van der Waals surface area (Å²) in [5.74, 6) is -0.220. The van der Waals surface area contributed by atoms with E-state index in [1.54, 1.807) is 0 Å². The molecule has 2 spiro atoms. The molecule has 0 radical (unpaired) electrons. The minimum absolute atomic E-state index is 0.0327. The van der Waals surface area contributed by atoms with Crippen molar-refractivity contribution in [3.8, 4) is 0 Å². The normalized spacial score (nSPS) is 46.9. The zero-order valence-electron chi connectivity index (χ0n) is 25.1. The second-order valence-electron chi connectivity index (χ2n) is 15.0. The minimum Gasteiger partial charge on any atom is -0.454 e. The Kier molecular flexibility index (Phi) is 6.17. The first-order chi connectivity index (χ1) is 17.4. The molecule has 1 heterocycles. The lowest BCUT2D eigenvalue weighted by molar-refractivity contribution is -0.195. The molecule has 0 aromatic heterocycles. The number of aliphatic hydroxyl groups is 1. The molecule has 38 heavy (non-hydrogen) atoms. The Morgan fingerprint density at radius 1 is 1.24 bits per heavy atom. The van der Waals surface area contributed by atoms with Crippen molar-refractivity contribution in [2.24, 2.45) is 40.4 Å². The van der Waals surface area contributed by atoms with Crippen molar-refractivity contribution in [1.82, 2.24) is 0 Å². The fraction of sp³-hybridized carbons (Fsp3) is 0.867. The minimum atomic E-state index is -2.29. The van der Waals surface area contributed by atoms with Gasteiger partial charge < -0.3 is 23.7 Å². The SMILES string of the molecule is CCC1=C[C@]23C(O)[C@@H](C(O[Si](C)(C)C(C)(C)C)[C@H](C)[C@H]4OC(=O)O[C@]42[C@H]1OC(C)=O)[C@H]1[C@@H](C[C@H]3C)C1(C)C. The van der Waals surface area contributed by atoms with E-state index in [1.165, 1.54) is 6.92 Å². The van der Waals surface area contributed by atoms with Crippen molar-refractivity contribution in [2.45, 2.75) is 123 Å². The van der Waals surface area contributed by atoms with E-state index < -0.39 is 49.8 Å². The lowest BCUT2D eigenvalue weighted by Crippen LogP contribution is -2.66. The monoisotopic (exact) mass is 548 g/mol. The van der Waals surface area contributed by atoms with Crippen LogP contribution >= 0.6 is 0 Å². The zero-order valence-corrected chi connectivity index (χ0v) is 26.1. The van der Waals surface area contributed by atoms with Gasteiger partial charge in [0.1, 0.15) is 0 Å². The molecule has 0 aromatic rings. The molecule has 1 saturated heterocycles. The van der Waals surface area contributed by atoms with E-state index in [0.29, 0.717) is 12.3 Å². The van der Waals surface area contributed by atoms with Crippen LogP contribution in [0.15, 0.2) is 11.6 Å². The van der Waals surface area contributed by atoms with Gasteiger partial charge in [-0.1, -0.05) is 61.5 Å². The standard InChI is InChI=1S/C30H48O7Si/c1-12-18-14-29-15(2)13-19-21(28(19,8)9)20(23(29)32)22(37-38(10,11)27(5,6)7)16(3)24-30(29,36-26(33)35-24)25(18)34-17(4)31/h14-16,19-25,32H,12-13H2,1-11H3/t15-,16+,19-,20-,21-,22?,23?,24-,25+,29+,30+/m1/s1. The molecule has 3 saturated carbocycles. The summed E-state index contributed by atoms with van der Waals surface area (Å²) < 4.78 is 25.7.